The lowest BCUT2D eigenvalue weighted by atomic mass is 9.74. The predicted molar refractivity (Wildman–Crippen MR) is 87.2 cm³/mol. The molecule has 3 unspecified atom stereocenters. The average molecular weight is 285 g/mol. The van der Waals surface area contributed by atoms with Crippen molar-refractivity contribution in [1.82, 2.24) is 14.7 Å². The van der Waals surface area contributed by atoms with Gasteiger partial charge in [-0.05, 0) is 42.7 Å². The normalized spacial score (nSPS) is 26.6. The molecule has 2 aromatic rings. The van der Waals surface area contributed by atoms with Crippen LogP contribution in [0.4, 0.5) is 0 Å². The maximum absolute atomic E-state index is 4.69. The smallest absolute Gasteiger partial charge is 0.137 e. The van der Waals surface area contributed by atoms with Gasteiger partial charge in [0.1, 0.15) is 5.65 Å². The molecule has 1 aliphatic rings. The number of imidazole rings is 1. The van der Waals surface area contributed by atoms with E-state index in [9.17, 15) is 0 Å². The highest BCUT2D eigenvalue weighted by molar-refractivity contribution is 5.39. The first-order valence-corrected chi connectivity index (χ1v) is 8.29. The SMILES string of the molecule is CC1CCC(C(C)C)C(NCc2cn3ccccc3n2)C1. The summed E-state index contributed by atoms with van der Waals surface area (Å²) in [5, 5.41) is 3.78. The Bertz CT molecular complexity index is 554. The lowest BCUT2D eigenvalue weighted by Gasteiger charge is -2.37. The summed E-state index contributed by atoms with van der Waals surface area (Å²) in [6.45, 7) is 7.99. The first-order chi connectivity index (χ1) is 10.1. The second-order valence-corrected chi connectivity index (χ2v) is 7.01. The average Bonchev–Trinajstić information content (AvgIpc) is 2.87. The summed E-state index contributed by atoms with van der Waals surface area (Å²) in [7, 11) is 0. The molecule has 1 aliphatic carbocycles. The van der Waals surface area contributed by atoms with E-state index in [-0.39, 0.29) is 0 Å². The number of hydrogen-bond acceptors (Lipinski definition) is 2. The van der Waals surface area contributed by atoms with Crippen LogP contribution in [0.15, 0.2) is 30.6 Å². The van der Waals surface area contributed by atoms with Crippen molar-refractivity contribution in [3.8, 4) is 0 Å². The Kier molecular flexibility index (Phi) is 4.29. The Balaban J connectivity index is 1.67. The van der Waals surface area contributed by atoms with E-state index in [2.05, 4.69) is 53.9 Å². The monoisotopic (exact) mass is 285 g/mol. The highest BCUT2D eigenvalue weighted by atomic mass is 15.0. The van der Waals surface area contributed by atoms with Crippen molar-refractivity contribution in [1.29, 1.82) is 0 Å². The summed E-state index contributed by atoms with van der Waals surface area (Å²) >= 11 is 0. The van der Waals surface area contributed by atoms with Gasteiger partial charge in [0.05, 0.1) is 5.69 Å². The van der Waals surface area contributed by atoms with Crippen molar-refractivity contribution in [2.45, 2.75) is 52.6 Å². The number of aromatic nitrogens is 2. The Morgan fingerprint density at radius 3 is 2.95 bits per heavy atom. The summed E-state index contributed by atoms with van der Waals surface area (Å²) in [6.07, 6.45) is 8.25. The number of hydrogen-bond donors (Lipinski definition) is 1. The van der Waals surface area contributed by atoms with Crippen LogP contribution in [-0.4, -0.2) is 15.4 Å². The predicted octanol–water partition coefficient (Wildman–Crippen LogP) is 3.88. The molecular formula is C18H27N3. The summed E-state index contributed by atoms with van der Waals surface area (Å²) in [4.78, 5) is 4.69. The van der Waals surface area contributed by atoms with Gasteiger partial charge >= 0.3 is 0 Å². The van der Waals surface area contributed by atoms with E-state index in [0.29, 0.717) is 6.04 Å². The molecule has 0 radical (unpaired) electrons. The van der Waals surface area contributed by atoms with E-state index < -0.39 is 0 Å². The van der Waals surface area contributed by atoms with Crippen LogP contribution >= 0.6 is 0 Å². The Labute approximate surface area is 127 Å². The largest absolute Gasteiger partial charge is 0.308 e. The Morgan fingerprint density at radius 1 is 1.33 bits per heavy atom. The zero-order valence-electron chi connectivity index (χ0n) is 13.4. The topological polar surface area (TPSA) is 29.3 Å². The number of rotatable bonds is 4. The molecule has 2 heterocycles. The van der Waals surface area contributed by atoms with E-state index in [1.54, 1.807) is 0 Å². The molecule has 1 saturated carbocycles. The van der Waals surface area contributed by atoms with Crippen molar-refractivity contribution in [3.63, 3.8) is 0 Å². The van der Waals surface area contributed by atoms with E-state index in [4.69, 9.17) is 0 Å². The lowest BCUT2D eigenvalue weighted by Crippen LogP contribution is -2.42. The third-order valence-corrected chi connectivity index (χ3v) is 4.98. The van der Waals surface area contributed by atoms with Crippen LogP contribution < -0.4 is 5.32 Å². The molecule has 1 N–H and O–H groups in total. The quantitative estimate of drug-likeness (QED) is 0.923. The van der Waals surface area contributed by atoms with Gasteiger partial charge in [0, 0.05) is 25.0 Å². The highest BCUT2D eigenvalue weighted by Crippen LogP contribution is 2.33. The Hall–Kier alpha value is -1.35. The van der Waals surface area contributed by atoms with Crippen molar-refractivity contribution in [2.24, 2.45) is 17.8 Å². The minimum absolute atomic E-state index is 0.638. The molecule has 114 valence electrons. The minimum Gasteiger partial charge on any atom is -0.308 e. The minimum atomic E-state index is 0.638. The molecule has 0 bridgehead atoms. The molecule has 0 aliphatic heterocycles. The molecule has 3 heteroatoms. The fraction of sp³-hybridized carbons (Fsp3) is 0.611. The summed E-state index contributed by atoms with van der Waals surface area (Å²) in [5.41, 5.74) is 2.17. The van der Waals surface area contributed by atoms with Crippen LogP contribution in [0, 0.1) is 17.8 Å². The molecule has 2 aromatic heterocycles. The molecule has 0 aromatic carbocycles. The van der Waals surface area contributed by atoms with Gasteiger partial charge in [0.25, 0.3) is 0 Å². The third kappa shape index (κ3) is 3.29. The van der Waals surface area contributed by atoms with Gasteiger partial charge in [0.2, 0.25) is 0 Å². The van der Waals surface area contributed by atoms with Gasteiger partial charge in [-0.15, -0.1) is 0 Å². The van der Waals surface area contributed by atoms with Crippen LogP contribution in [0.5, 0.6) is 0 Å². The fourth-order valence-electron chi connectivity index (χ4n) is 3.74. The van der Waals surface area contributed by atoms with Crippen LogP contribution in [-0.2, 0) is 6.54 Å². The van der Waals surface area contributed by atoms with E-state index in [0.717, 1.165) is 35.6 Å². The first-order valence-electron chi connectivity index (χ1n) is 8.29. The summed E-state index contributed by atoms with van der Waals surface area (Å²) in [5.74, 6) is 2.41. The molecule has 3 rings (SSSR count). The van der Waals surface area contributed by atoms with Crippen molar-refractivity contribution < 1.29 is 0 Å². The highest BCUT2D eigenvalue weighted by Gasteiger charge is 2.30. The second-order valence-electron chi connectivity index (χ2n) is 7.01. The molecule has 1 fully saturated rings. The zero-order chi connectivity index (χ0) is 14.8. The van der Waals surface area contributed by atoms with Crippen molar-refractivity contribution in [3.05, 3.63) is 36.3 Å². The lowest BCUT2D eigenvalue weighted by molar-refractivity contribution is 0.169. The zero-order valence-corrected chi connectivity index (χ0v) is 13.4. The number of nitrogens with one attached hydrogen (secondary N) is 1. The van der Waals surface area contributed by atoms with E-state index >= 15 is 0 Å². The van der Waals surface area contributed by atoms with Gasteiger partial charge < -0.3 is 9.72 Å². The van der Waals surface area contributed by atoms with E-state index in [1.165, 1.54) is 19.3 Å². The molecule has 0 saturated heterocycles. The van der Waals surface area contributed by atoms with Gasteiger partial charge in [-0.3, -0.25) is 0 Å². The molecule has 3 atom stereocenters. The molecule has 0 spiro atoms. The second kappa shape index (κ2) is 6.18. The van der Waals surface area contributed by atoms with Crippen LogP contribution in [0.2, 0.25) is 0 Å². The Morgan fingerprint density at radius 2 is 2.19 bits per heavy atom. The summed E-state index contributed by atoms with van der Waals surface area (Å²) < 4.78 is 2.10. The van der Waals surface area contributed by atoms with Crippen LogP contribution in [0.3, 0.4) is 0 Å². The van der Waals surface area contributed by atoms with Gasteiger partial charge in [-0.25, -0.2) is 4.98 Å². The van der Waals surface area contributed by atoms with Gasteiger partial charge in [-0.2, -0.15) is 0 Å². The number of fused-ring (bicyclic) bond motifs is 1. The maximum atomic E-state index is 4.69. The third-order valence-electron chi connectivity index (χ3n) is 4.98. The number of pyridine rings is 1. The first kappa shape index (κ1) is 14.6. The maximum Gasteiger partial charge on any atom is 0.137 e. The van der Waals surface area contributed by atoms with Gasteiger partial charge in [-0.1, -0.05) is 33.3 Å². The molecule has 21 heavy (non-hydrogen) atoms. The van der Waals surface area contributed by atoms with Crippen molar-refractivity contribution in [2.75, 3.05) is 0 Å². The molecular weight excluding hydrogens is 258 g/mol. The fourth-order valence-corrected chi connectivity index (χ4v) is 3.74. The molecule has 3 nitrogen and oxygen atoms in total. The summed E-state index contributed by atoms with van der Waals surface area (Å²) in [6, 6.07) is 6.78. The van der Waals surface area contributed by atoms with Gasteiger partial charge in [0.15, 0.2) is 0 Å². The van der Waals surface area contributed by atoms with Crippen LogP contribution in [0.25, 0.3) is 5.65 Å². The molecule has 0 amide bonds. The van der Waals surface area contributed by atoms with E-state index in [1.807, 2.05) is 12.1 Å². The standard InChI is InChI=1S/C18H27N3/c1-13(2)16-8-7-14(3)10-17(16)19-11-15-12-21-9-5-4-6-18(21)20-15/h4-6,9,12-14,16-17,19H,7-8,10-11H2,1-3H3. The van der Waals surface area contributed by atoms with Crippen LogP contribution in [0.1, 0.15) is 45.7 Å². The number of nitrogens with zero attached hydrogens (tertiary/aromatic N) is 2. The van der Waals surface area contributed by atoms with Crippen molar-refractivity contribution >= 4 is 5.65 Å².